The van der Waals surface area contributed by atoms with Crippen molar-refractivity contribution in [3.63, 3.8) is 0 Å². The zero-order valence-corrected chi connectivity index (χ0v) is 17.5. The molecule has 0 amide bonds. The first-order valence-electron chi connectivity index (χ1n) is 11.5. The molecule has 0 aromatic rings. The van der Waals surface area contributed by atoms with Gasteiger partial charge in [0, 0.05) is 25.5 Å². The van der Waals surface area contributed by atoms with Crippen molar-refractivity contribution >= 4 is 0 Å². The van der Waals surface area contributed by atoms with E-state index in [-0.39, 0.29) is 0 Å². The van der Waals surface area contributed by atoms with E-state index in [4.69, 9.17) is 0 Å². The molecule has 0 radical (unpaired) electrons. The molecule has 0 spiro atoms. The second-order valence-electron chi connectivity index (χ2n) is 8.01. The quantitative estimate of drug-likeness (QED) is 0.239. The van der Waals surface area contributed by atoms with Crippen LogP contribution in [0.4, 0.5) is 0 Å². The van der Waals surface area contributed by atoms with Crippen LogP contribution >= 0.6 is 0 Å². The van der Waals surface area contributed by atoms with Crippen LogP contribution in [-0.2, 0) is 0 Å². The van der Waals surface area contributed by atoms with Crippen molar-refractivity contribution in [1.82, 2.24) is 9.80 Å². The van der Waals surface area contributed by atoms with E-state index in [2.05, 4.69) is 36.0 Å². The number of unbranched alkanes of at least 4 members (excludes halogenated alkanes) is 14. The summed E-state index contributed by atoms with van der Waals surface area (Å²) < 4.78 is 0. The van der Waals surface area contributed by atoms with Gasteiger partial charge in [-0.05, 0) is 12.8 Å². The van der Waals surface area contributed by atoms with Gasteiger partial charge in [-0.3, -0.25) is 0 Å². The summed E-state index contributed by atoms with van der Waals surface area (Å²) in [5, 5.41) is 0. The molecule has 0 bridgehead atoms. The standard InChI is InChI=1S/C23H46N2/c1-3-5-7-9-11-12-14-16-18-20-25-22-21-24(23-25)19-17-15-13-10-8-6-4-2/h21-22H,3-20,23H2,1-2H3. The first-order valence-corrected chi connectivity index (χ1v) is 11.5. The first kappa shape index (κ1) is 22.4. The van der Waals surface area contributed by atoms with Gasteiger partial charge in [0.2, 0.25) is 0 Å². The van der Waals surface area contributed by atoms with Crippen molar-refractivity contribution in [2.24, 2.45) is 0 Å². The number of rotatable bonds is 18. The second kappa shape index (κ2) is 16.8. The fraction of sp³-hybridized carbons (Fsp3) is 0.913. The lowest BCUT2D eigenvalue weighted by molar-refractivity contribution is 0.257. The minimum Gasteiger partial charge on any atom is -0.359 e. The molecule has 0 aliphatic carbocycles. The van der Waals surface area contributed by atoms with E-state index in [0.717, 1.165) is 6.67 Å². The third-order valence-electron chi connectivity index (χ3n) is 5.45. The Kier molecular flexibility index (Phi) is 15.0. The van der Waals surface area contributed by atoms with Gasteiger partial charge in [0.25, 0.3) is 0 Å². The minimum absolute atomic E-state index is 1.13. The number of hydrogen-bond acceptors (Lipinski definition) is 2. The molecular weight excluding hydrogens is 304 g/mol. The smallest absolute Gasteiger partial charge is 0.0893 e. The van der Waals surface area contributed by atoms with Crippen molar-refractivity contribution in [3.05, 3.63) is 12.4 Å². The van der Waals surface area contributed by atoms with E-state index in [1.807, 2.05) is 0 Å². The summed E-state index contributed by atoms with van der Waals surface area (Å²) in [5.41, 5.74) is 0. The van der Waals surface area contributed by atoms with Crippen molar-refractivity contribution in [3.8, 4) is 0 Å². The summed E-state index contributed by atoms with van der Waals surface area (Å²) in [6, 6.07) is 0. The van der Waals surface area contributed by atoms with E-state index in [9.17, 15) is 0 Å². The molecule has 25 heavy (non-hydrogen) atoms. The Morgan fingerprint density at radius 1 is 0.480 bits per heavy atom. The molecule has 1 aliphatic heterocycles. The molecule has 2 nitrogen and oxygen atoms in total. The van der Waals surface area contributed by atoms with Gasteiger partial charge < -0.3 is 9.80 Å². The zero-order chi connectivity index (χ0) is 18.0. The maximum absolute atomic E-state index is 2.50. The third-order valence-corrected chi connectivity index (χ3v) is 5.45. The highest BCUT2D eigenvalue weighted by molar-refractivity contribution is 4.90. The molecule has 0 fully saturated rings. The van der Waals surface area contributed by atoms with Crippen LogP contribution in [0.2, 0.25) is 0 Å². The fourth-order valence-corrected chi connectivity index (χ4v) is 3.70. The summed E-state index contributed by atoms with van der Waals surface area (Å²) in [6.07, 6.45) is 27.3. The van der Waals surface area contributed by atoms with E-state index < -0.39 is 0 Å². The van der Waals surface area contributed by atoms with Crippen molar-refractivity contribution in [2.75, 3.05) is 19.8 Å². The number of nitrogens with zero attached hydrogens (tertiary/aromatic N) is 2. The zero-order valence-electron chi connectivity index (χ0n) is 17.5. The molecule has 0 aromatic carbocycles. The Morgan fingerprint density at radius 2 is 0.800 bits per heavy atom. The summed E-state index contributed by atoms with van der Waals surface area (Å²) in [4.78, 5) is 5.00. The van der Waals surface area contributed by atoms with Crippen molar-refractivity contribution in [2.45, 2.75) is 117 Å². The molecule has 1 heterocycles. The predicted molar refractivity (Wildman–Crippen MR) is 113 cm³/mol. The average molecular weight is 351 g/mol. The first-order chi connectivity index (χ1) is 12.4. The molecule has 1 rings (SSSR count). The molecule has 148 valence electrons. The monoisotopic (exact) mass is 350 g/mol. The SMILES string of the molecule is CCCCCCCCCCCN1C=CN(CCCCCCCCC)C1. The summed E-state index contributed by atoms with van der Waals surface area (Å²) >= 11 is 0. The van der Waals surface area contributed by atoms with Gasteiger partial charge in [-0.1, -0.05) is 104 Å². The maximum Gasteiger partial charge on any atom is 0.0893 e. The number of hydrogen-bond donors (Lipinski definition) is 0. The molecule has 0 atom stereocenters. The van der Waals surface area contributed by atoms with E-state index >= 15 is 0 Å². The van der Waals surface area contributed by atoms with Crippen LogP contribution in [0.3, 0.4) is 0 Å². The highest BCUT2D eigenvalue weighted by atomic mass is 15.3. The molecule has 0 N–H and O–H groups in total. The molecular formula is C23H46N2. The van der Waals surface area contributed by atoms with Gasteiger partial charge in [-0.15, -0.1) is 0 Å². The van der Waals surface area contributed by atoms with Crippen LogP contribution in [-0.4, -0.2) is 29.6 Å². The third kappa shape index (κ3) is 13.2. The largest absolute Gasteiger partial charge is 0.359 e. The Hall–Kier alpha value is -0.660. The van der Waals surface area contributed by atoms with Gasteiger partial charge in [0.15, 0.2) is 0 Å². The van der Waals surface area contributed by atoms with Gasteiger partial charge >= 0.3 is 0 Å². The van der Waals surface area contributed by atoms with Crippen LogP contribution < -0.4 is 0 Å². The summed E-state index contributed by atoms with van der Waals surface area (Å²) in [5.74, 6) is 0. The lowest BCUT2D eigenvalue weighted by atomic mass is 10.1. The second-order valence-corrected chi connectivity index (χ2v) is 8.01. The normalized spacial score (nSPS) is 14.0. The highest BCUT2D eigenvalue weighted by Gasteiger charge is 2.10. The van der Waals surface area contributed by atoms with Crippen LogP contribution in [0.1, 0.15) is 117 Å². The van der Waals surface area contributed by atoms with E-state index in [1.54, 1.807) is 0 Å². The Morgan fingerprint density at radius 3 is 1.16 bits per heavy atom. The minimum atomic E-state index is 1.13. The van der Waals surface area contributed by atoms with Crippen LogP contribution in [0.25, 0.3) is 0 Å². The van der Waals surface area contributed by atoms with Gasteiger partial charge in [0.1, 0.15) is 0 Å². The van der Waals surface area contributed by atoms with E-state index in [0.29, 0.717) is 0 Å². The maximum atomic E-state index is 2.50. The molecule has 1 aliphatic rings. The summed E-state index contributed by atoms with van der Waals surface area (Å²) in [6.45, 7) is 8.22. The van der Waals surface area contributed by atoms with Gasteiger partial charge in [0.05, 0.1) is 6.67 Å². The van der Waals surface area contributed by atoms with Crippen molar-refractivity contribution < 1.29 is 0 Å². The molecule has 0 saturated heterocycles. The van der Waals surface area contributed by atoms with E-state index in [1.165, 1.54) is 116 Å². The van der Waals surface area contributed by atoms with Gasteiger partial charge in [-0.25, -0.2) is 0 Å². The van der Waals surface area contributed by atoms with Crippen molar-refractivity contribution in [1.29, 1.82) is 0 Å². The Bertz CT molecular complexity index is 300. The van der Waals surface area contributed by atoms with Crippen LogP contribution in [0, 0.1) is 0 Å². The molecule has 0 unspecified atom stereocenters. The average Bonchev–Trinajstić information content (AvgIpc) is 3.07. The lowest BCUT2D eigenvalue weighted by Gasteiger charge is -2.21. The summed E-state index contributed by atoms with van der Waals surface area (Å²) in [7, 11) is 0. The lowest BCUT2D eigenvalue weighted by Crippen LogP contribution is -2.26. The highest BCUT2D eigenvalue weighted by Crippen LogP contribution is 2.13. The molecule has 0 saturated carbocycles. The van der Waals surface area contributed by atoms with Gasteiger partial charge in [-0.2, -0.15) is 0 Å². The Labute approximate surface area is 159 Å². The molecule has 2 heteroatoms. The predicted octanol–water partition coefficient (Wildman–Crippen LogP) is 7.31. The van der Waals surface area contributed by atoms with Crippen LogP contribution in [0.15, 0.2) is 12.4 Å². The topological polar surface area (TPSA) is 6.48 Å². The van der Waals surface area contributed by atoms with Crippen LogP contribution in [0.5, 0.6) is 0 Å². The molecule has 0 aromatic heterocycles. The Balaban J connectivity index is 1.84. The fourth-order valence-electron chi connectivity index (χ4n) is 3.70.